The molecule has 378 valence electrons. The van der Waals surface area contributed by atoms with E-state index < -0.39 is 0 Å². The third-order valence-corrected chi connectivity index (χ3v) is 18.8. The zero-order valence-electron chi connectivity index (χ0n) is 45.2. The first-order valence-electron chi connectivity index (χ1n) is 27.8. The van der Waals surface area contributed by atoms with Crippen LogP contribution in [0.15, 0.2) is 195 Å². The van der Waals surface area contributed by atoms with Gasteiger partial charge in [0.1, 0.15) is 17.2 Å². The predicted molar refractivity (Wildman–Crippen MR) is 317 cm³/mol. The number of fused-ring (bicyclic) bond motifs is 14. The monoisotopic (exact) mass is 1020 g/mol. The average Bonchev–Trinajstić information content (AvgIpc) is 3.83. The zero-order valence-corrected chi connectivity index (χ0v) is 45.2. The van der Waals surface area contributed by atoms with Crippen molar-refractivity contribution in [3.05, 3.63) is 228 Å². The summed E-state index contributed by atoms with van der Waals surface area (Å²) >= 11 is 0. The van der Waals surface area contributed by atoms with E-state index in [4.69, 9.17) is 14.2 Å². The SMILES string of the molecule is CC1(C)c2c3c(cc4ccccc24)OC[n+]2cc4c(ccc5ccccc54)c1c2-3.CC1(C)c2c3c(cc4ccccc24)OC[n+]2cc4ccc5ccccc5c4c1c2-3.CC1(C)c2ccc[n+]3c2-c2c(cc4ccccc4c21)OC3. The Morgan fingerprint density at radius 3 is 1.34 bits per heavy atom. The van der Waals surface area contributed by atoms with Crippen molar-refractivity contribution >= 4 is 75.4 Å². The Morgan fingerprint density at radius 2 is 0.747 bits per heavy atom. The normalized spacial score (nSPS) is 15.9. The lowest BCUT2D eigenvalue weighted by atomic mass is 9.78. The van der Waals surface area contributed by atoms with Gasteiger partial charge in [0.15, 0.2) is 18.6 Å². The van der Waals surface area contributed by atoms with Crippen molar-refractivity contribution in [2.75, 3.05) is 0 Å². The van der Waals surface area contributed by atoms with Gasteiger partial charge in [-0.15, -0.1) is 0 Å². The van der Waals surface area contributed by atoms with Crippen LogP contribution in [0.1, 0.15) is 74.9 Å². The Balaban J connectivity index is 0.0000000966. The topological polar surface area (TPSA) is 39.3 Å². The second-order valence-corrected chi connectivity index (χ2v) is 24.1. The number of pyridine rings is 3. The molecule has 0 amide bonds. The smallest absolute Gasteiger partial charge is 0.292 e. The molecule has 0 atom stereocenters. The Kier molecular flexibility index (Phi) is 8.84. The number of hydrogen-bond acceptors (Lipinski definition) is 3. The molecule has 0 saturated heterocycles. The summed E-state index contributed by atoms with van der Waals surface area (Å²) in [6.07, 6.45) is 6.67. The van der Waals surface area contributed by atoms with E-state index in [1.54, 1.807) is 0 Å². The largest absolute Gasteiger partial charge is 0.435 e. The molecule has 6 heterocycles. The van der Waals surface area contributed by atoms with E-state index in [0.717, 1.165) is 17.2 Å². The molecule has 3 aliphatic carbocycles. The molecule has 19 rings (SSSR count). The molecule has 79 heavy (non-hydrogen) atoms. The molecule has 3 aliphatic heterocycles. The van der Waals surface area contributed by atoms with Gasteiger partial charge in [-0.2, -0.15) is 13.7 Å². The fourth-order valence-electron chi connectivity index (χ4n) is 15.5. The van der Waals surface area contributed by atoms with Gasteiger partial charge < -0.3 is 14.2 Å². The molecule has 0 saturated carbocycles. The molecule has 0 unspecified atom stereocenters. The second-order valence-electron chi connectivity index (χ2n) is 24.1. The molecule has 3 aromatic heterocycles. The quantitative estimate of drug-likeness (QED) is 0.112. The number of nitrogens with zero attached hydrogens (tertiary/aromatic N) is 3. The minimum absolute atomic E-state index is 0.0109. The molecule has 0 bridgehead atoms. The molecule has 0 N–H and O–H groups in total. The molecule has 0 radical (unpaired) electrons. The van der Waals surface area contributed by atoms with E-state index in [0.29, 0.717) is 20.2 Å². The molecule has 6 heteroatoms. The van der Waals surface area contributed by atoms with E-state index in [1.165, 1.54) is 143 Å². The molecule has 6 nitrogen and oxygen atoms in total. The fourth-order valence-corrected chi connectivity index (χ4v) is 15.5. The van der Waals surface area contributed by atoms with Crippen molar-refractivity contribution in [3.8, 4) is 51.0 Å². The maximum absolute atomic E-state index is 6.29. The van der Waals surface area contributed by atoms with Gasteiger partial charge in [-0.25, -0.2) is 0 Å². The van der Waals surface area contributed by atoms with Crippen molar-refractivity contribution in [2.45, 2.75) is 78.0 Å². The van der Waals surface area contributed by atoms with Crippen LogP contribution in [0.4, 0.5) is 0 Å². The van der Waals surface area contributed by atoms with E-state index in [1.807, 2.05) is 0 Å². The highest BCUT2D eigenvalue weighted by Crippen LogP contribution is 2.59. The van der Waals surface area contributed by atoms with Crippen LogP contribution in [0.2, 0.25) is 0 Å². The average molecular weight is 1020 g/mol. The summed E-state index contributed by atoms with van der Waals surface area (Å²) in [6, 6.07) is 63.6. The summed E-state index contributed by atoms with van der Waals surface area (Å²) in [7, 11) is 0. The van der Waals surface area contributed by atoms with Gasteiger partial charge in [-0.3, -0.25) is 0 Å². The lowest BCUT2D eigenvalue weighted by molar-refractivity contribution is -0.717. The summed E-state index contributed by atoms with van der Waals surface area (Å²) < 4.78 is 25.4. The van der Waals surface area contributed by atoms with Crippen LogP contribution >= 0.6 is 0 Å². The van der Waals surface area contributed by atoms with Gasteiger partial charge in [-0.05, 0) is 106 Å². The van der Waals surface area contributed by atoms with E-state index in [-0.39, 0.29) is 16.2 Å². The first-order chi connectivity index (χ1) is 38.5. The third kappa shape index (κ3) is 5.88. The third-order valence-electron chi connectivity index (χ3n) is 18.8. The van der Waals surface area contributed by atoms with Crippen molar-refractivity contribution in [3.63, 3.8) is 0 Å². The summed E-state index contributed by atoms with van der Waals surface area (Å²) in [5, 5.41) is 18.3. The van der Waals surface area contributed by atoms with Crippen LogP contribution in [-0.2, 0) is 36.4 Å². The van der Waals surface area contributed by atoms with Crippen LogP contribution in [0, 0.1) is 0 Å². The molecule has 6 aliphatic rings. The zero-order chi connectivity index (χ0) is 52.8. The number of hydrogen-bond donors (Lipinski definition) is 0. The second kappa shape index (κ2) is 15.5. The number of ether oxygens (including phenoxy) is 3. The van der Waals surface area contributed by atoms with Crippen LogP contribution in [0.25, 0.3) is 109 Å². The Bertz CT molecular complexity index is 4950. The minimum Gasteiger partial charge on any atom is -0.435 e. The molecule has 13 aromatic rings. The summed E-state index contributed by atoms with van der Waals surface area (Å²) in [5.74, 6) is 3.07. The van der Waals surface area contributed by atoms with Crippen molar-refractivity contribution in [2.24, 2.45) is 0 Å². The fraction of sp³-hybridized carbons (Fsp3) is 0.164. The maximum Gasteiger partial charge on any atom is 0.292 e. The lowest BCUT2D eigenvalue weighted by Gasteiger charge is -2.23. The summed E-state index contributed by atoms with van der Waals surface area (Å²) in [5.41, 5.74) is 16.1. The van der Waals surface area contributed by atoms with Gasteiger partial charge in [0.05, 0.1) is 22.1 Å². The maximum atomic E-state index is 6.29. The van der Waals surface area contributed by atoms with Crippen LogP contribution in [-0.4, -0.2) is 0 Å². The molecule has 0 spiro atoms. The van der Waals surface area contributed by atoms with E-state index in [2.05, 4.69) is 250 Å². The highest BCUT2D eigenvalue weighted by Gasteiger charge is 2.50. The van der Waals surface area contributed by atoms with Gasteiger partial charge in [0.2, 0.25) is 17.1 Å². The first kappa shape index (κ1) is 44.9. The minimum atomic E-state index is -0.112. The number of benzene rings is 10. The van der Waals surface area contributed by atoms with Crippen molar-refractivity contribution in [1.82, 2.24) is 0 Å². The van der Waals surface area contributed by atoms with Gasteiger partial charge in [-0.1, -0.05) is 181 Å². The van der Waals surface area contributed by atoms with Gasteiger partial charge >= 0.3 is 0 Å². The lowest BCUT2D eigenvalue weighted by Crippen LogP contribution is -2.42. The summed E-state index contributed by atoms with van der Waals surface area (Å²) in [6.45, 7) is 15.9. The Labute approximate surface area is 457 Å². The molecular formula is C73H56N3O3+3. The van der Waals surface area contributed by atoms with Crippen LogP contribution < -0.4 is 27.9 Å². The molecular weight excluding hydrogens is 967 g/mol. The standard InChI is InChI=1S/2C27H20NO.C19H16NO/c1-27(2)24-20-10-6-4-8-17(20)13-21-23(24)26-25(27)22-18(14-28(26)15-29-21)12-11-16-7-3-5-9-19(16)22;1-27(2)24-19-10-6-4-8-17(19)13-22-23(24)26-25(27)20-12-11-16-7-3-5-9-18(16)21(20)14-28(26)15-29-22;1-19(2)14-8-5-9-20-11-21-15-10-12-6-3-4-7-13(12)17(19)16(15)18(14)20/h2*3-14H,15H2,1-2H3;3-10H,11H2,1-2H3/q3*+1. The highest BCUT2D eigenvalue weighted by atomic mass is 16.5. The Hall–Kier alpha value is -9.13. The Morgan fingerprint density at radius 1 is 0.316 bits per heavy atom. The first-order valence-corrected chi connectivity index (χ1v) is 27.8. The summed E-state index contributed by atoms with van der Waals surface area (Å²) in [4.78, 5) is 0. The molecule has 10 aromatic carbocycles. The number of aromatic nitrogens is 3. The van der Waals surface area contributed by atoms with Gasteiger partial charge in [0.25, 0.3) is 20.2 Å². The van der Waals surface area contributed by atoms with Crippen LogP contribution in [0.3, 0.4) is 0 Å². The van der Waals surface area contributed by atoms with E-state index >= 15 is 0 Å². The van der Waals surface area contributed by atoms with E-state index in [9.17, 15) is 0 Å². The van der Waals surface area contributed by atoms with Gasteiger partial charge in [0, 0.05) is 49.8 Å². The highest BCUT2D eigenvalue weighted by molar-refractivity contribution is 6.14. The van der Waals surface area contributed by atoms with Crippen molar-refractivity contribution in [1.29, 1.82) is 0 Å². The van der Waals surface area contributed by atoms with Crippen molar-refractivity contribution < 1.29 is 27.9 Å². The van der Waals surface area contributed by atoms with Crippen LogP contribution in [0.5, 0.6) is 17.2 Å². The molecule has 0 fully saturated rings. The predicted octanol–water partition coefficient (Wildman–Crippen LogP) is 16.0. The number of rotatable bonds is 0.